The van der Waals surface area contributed by atoms with Gasteiger partial charge in [-0.05, 0) is 37.5 Å². The molecular weight excluding hydrogens is 430 g/mol. The van der Waals surface area contributed by atoms with Crippen LogP contribution < -0.4 is 4.80 Å². The van der Waals surface area contributed by atoms with Crippen LogP contribution in [0.5, 0.6) is 0 Å². The maximum Gasteiger partial charge on any atom is 0.325 e. The zero-order chi connectivity index (χ0) is 21.9. The number of benzene rings is 1. The van der Waals surface area contributed by atoms with Crippen LogP contribution in [0.2, 0.25) is 0 Å². The molecule has 9 nitrogen and oxygen atoms in total. The molecule has 1 aromatic carbocycles. The summed E-state index contributed by atoms with van der Waals surface area (Å²) >= 11 is 1.18. The van der Waals surface area contributed by atoms with Crippen molar-refractivity contribution >= 4 is 49.2 Å². The smallest absolute Gasteiger partial charge is 0.325 e. The zero-order valence-electron chi connectivity index (χ0n) is 16.8. The van der Waals surface area contributed by atoms with Gasteiger partial charge in [-0.25, -0.2) is 8.42 Å². The molecule has 30 heavy (non-hydrogen) atoms. The molecule has 2 heterocycles. The number of aromatic nitrogens is 1. The third-order valence-corrected chi connectivity index (χ3v) is 7.13. The molecule has 0 atom stereocenters. The lowest BCUT2D eigenvalue weighted by Gasteiger charge is -2.14. The van der Waals surface area contributed by atoms with Gasteiger partial charge in [0.2, 0.25) is 5.91 Å². The van der Waals surface area contributed by atoms with Crippen LogP contribution in [-0.2, 0) is 35.5 Å². The number of rotatable bonds is 6. The summed E-state index contributed by atoms with van der Waals surface area (Å²) in [5.41, 5.74) is 1.68. The van der Waals surface area contributed by atoms with E-state index in [1.54, 1.807) is 6.07 Å². The molecule has 1 aromatic heterocycles. The summed E-state index contributed by atoms with van der Waals surface area (Å²) in [6.45, 7) is 2.84. The molecule has 1 saturated heterocycles. The second-order valence-electron chi connectivity index (χ2n) is 7.14. The summed E-state index contributed by atoms with van der Waals surface area (Å²) in [6, 6.07) is 5.56. The van der Waals surface area contributed by atoms with Crippen molar-refractivity contribution in [2.24, 2.45) is 4.99 Å². The number of thiazole rings is 1. The quantitative estimate of drug-likeness (QED) is 0.593. The first kappa shape index (κ1) is 22.2. The minimum atomic E-state index is -3.95. The fourth-order valence-electron chi connectivity index (χ4n) is 3.24. The number of carbonyl (C=O) groups excluding carboxylic acids is 3. The van der Waals surface area contributed by atoms with Gasteiger partial charge in [0.05, 0.1) is 17.3 Å². The van der Waals surface area contributed by atoms with Gasteiger partial charge in [-0.3, -0.25) is 14.4 Å². The molecule has 0 N–H and O–H groups in total. The lowest BCUT2D eigenvalue weighted by atomic mass is 10.2. The van der Waals surface area contributed by atoms with E-state index in [0.29, 0.717) is 18.6 Å². The highest BCUT2D eigenvalue weighted by Gasteiger charge is 2.26. The van der Waals surface area contributed by atoms with Gasteiger partial charge in [-0.15, -0.1) is 0 Å². The third kappa shape index (κ3) is 5.33. The summed E-state index contributed by atoms with van der Waals surface area (Å²) in [4.78, 5) is 41.9. The Hall–Kier alpha value is -2.53. The Kier molecular flexibility index (Phi) is 6.71. The molecule has 0 unspecified atom stereocenters. The Balaban J connectivity index is 1.85. The summed E-state index contributed by atoms with van der Waals surface area (Å²) in [6.07, 6.45) is 1.71. The van der Waals surface area contributed by atoms with E-state index in [4.69, 9.17) is 4.74 Å². The second-order valence-corrected chi connectivity index (χ2v) is 10.2. The van der Waals surface area contributed by atoms with Gasteiger partial charge in [0.15, 0.2) is 14.6 Å². The number of hydrogen-bond acceptors (Lipinski definition) is 7. The molecular formula is C19H23N3O6S2. The molecule has 1 aliphatic rings. The van der Waals surface area contributed by atoms with Crippen LogP contribution in [0.4, 0.5) is 0 Å². The Morgan fingerprint density at radius 2 is 1.87 bits per heavy atom. The van der Waals surface area contributed by atoms with Crippen LogP contribution in [0.1, 0.15) is 18.4 Å². The molecule has 162 valence electrons. The number of sulfone groups is 1. The first-order chi connectivity index (χ1) is 14.2. The number of methoxy groups -OCH3 is 1. The minimum absolute atomic E-state index is 0.161. The minimum Gasteiger partial charge on any atom is -0.468 e. The Morgan fingerprint density at radius 3 is 2.53 bits per heavy atom. The summed E-state index contributed by atoms with van der Waals surface area (Å²) in [5, 5.41) is 0. The van der Waals surface area contributed by atoms with Crippen molar-refractivity contribution in [3.05, 3.63) is 28.6 Å². The maximum atomic E-state index is 12.4. The SMILES string of the molecule is COC(=O)Cn1c(=NC(=O)CS(=O)(=O)CC(=O)N2CCCC2)sc2cc(C)ccc21. The normalized spacial score (nSPS) is 15.0. The fraction of sp³-hybridized carbons (Fsp3) is 0.474. The summed E-state index contributed by atoms with van der Waals surface area (Å²) < 4.78 is 31.7. The van der Waals surface area contributed by atoms with Gasteiger partial charge in [-0.2, -0.15) is 4.99 Å². The molecule has 0 radical (unpaired) electrons. The Bertz CT molecular complexity index is 1160. The maximum absolute atomic E-state index is 12.4. The summed E-state index contributed by atoms with van der Waals surface area (Å²) in [5.74, 6) is -3.46. The molecule has 2 aromatic rings. The number of hydrogen-bond donors (Lipinski definition) is 0. The van der Waals surface area contributed by atoms with Crippen LogP contribution in [-0.4, -0.2) is 67.4 Å². The van der Waals surface area contributed by atoms with Gasteiger partial charge in [0.25, 0.3) is 5.91 Å². The largest absolute Gasteiger partial charge is 0.468 e. The molecule has 1 fully saturated rings. The number of amides is 2. The molecule has 0 aliphatic carbocycles. The Labute approximate surface area is 177 Å². The lowest BCUT2D eigenvalue weighted by molar-refractivity contribution is -0.141. The second kappa shape index (κ2) is 9.09. The van der Waals surface area contributed by atoms with Crippen LogP contribution in [0, 0.1) is 6.92 Å². The van der Waals surface area contributed by atoms with E-state index in [-0.39, 0.29) is 11.3 Å². The number of fused-ring (bicyclic) bond motifs is 1. The van der Waals surface area contributed by atoms with E-state index in [1.165, 1.54) is 27.9 Å². The van der Waals surface area contributed by atoms with E-state index in [2.05, 4.69) is 4.99 Å². The predicted molar refractivity (Wildman–Crippen MR) is 112 cm³/mol. The highest BCUT2D eigenvalue weighted by atomic mass is 32.2. The topological polar surface area (TPSA) is 115 Å². The predicted octanol–water partition coefficient (Wildman–Crippen LogP) is 0.649. The van der Waals surface area contributed by atoms with E-state index in [1.807, 2.05) is 19.1 Å². The fourth-order valence-corrected chi connectivity index (χ4v) is 5.48. The average Bonchev–Trinajstić information content (AvgIpc) is 3.29. The number of likely N-dealkylation sites (tertiary alicyclic amines) is 1. The van der Waals surface area contributed by atoms with Crippen molar-refractivity contribution in [3.8, 4) is 0 Å². The molecule has 1 aliphatic heterocycles. The van der Waals surface area contributed by atoms with Gasteiger partial charge >= 0.3 is 5.97 Å². The number of nitrogens with zero attached hydrogens (tertiary/aromatic N) is 3. The van der Waals surface area contributed by atoms with Gasteiger partial charge < -0.3 is 14.2 Å². The first-order valence-corrected chi connectivity index (χ1v) is 12.0. The molecule has 0 spiro atoms. The van der Waals surface area contributed by atoms with Crippen molar-refractivity contribution < 1.29 is 27.5 Å². The summed E-state index contributed by atoms with van der Waals surface area (Å²) in [7, 11) is -2.69. The van der Waals surface area contributed by atoms with Crippen molar-refractivity contribution in [1.29, 1.82) is 0 Å². The number of aryl methyl sites for hydroxylation is 1. The van der Waals surface area contributed by atoms with Crippen molar-refractivity contribution in [3.63, 3.8) is 0 Å². The van der Waals surface area contributed by atoms with Crippen molar-refractivity contribution in [1.82, 2.24) is 9.47 Å². The molecule has 3 rings (SSSR count). The van der Waals surface area contributed by atoms with E-state index in [0.717, 1.165) is 23.1 Å². The van der Waals surface area contributed by atoms with E-state index < -0.39 is 39.1 Å². The highest BCUT2D eigenvalue weighted by molar-refractivity contribution is 7.92. The number of esters is 1. The third-order valence-electron chi connectivity index (χ3n) is 4.72. The monoisotopic (exact) mass is 453 g/mol. The van der Waals surface area contributed by atoms with Crippen molar-refractivity contribution in [2.45, 2.75) is 26.3 Å². The van der Waals surface area contributed by atoms with E-state index in [9.17, 15) is 22.8 Å². The Morgan fingerprint density at radius 1 is 1.17 bits per heavy atom. The zero-order valence-corrected chi connectivity index (χ0v) is 18.4. The highest BCUT2D eigenvalue weighted by Crippen LogP contribution is 2.19. The first-order valence-electron chi connectivity index (χ1n) is 9.41. The van der Waals surface area contributed by atoms with Crippen LogP contribution >= 0.6 is 11.3 Å². The van der Waals surface area contributed by atoms with Gasteiger partial charge in [-0.1, -0.05) is 17.4 Å². The lowest BCUT2D eigenvalue weighted by Crippen LogP contribution is -2.35. The molecule has 0 saturated carbocycles. The number of ether oxygens (including phenoxy) is 1. The van der Waals surface area contributed by atoms with Gasteiger partial charge in [0.1, 0.15) is 18.1 Å². The number of carbonyl (C=O) groups is 3. The van der Waals surface area contributed by atoms with E-state index >= 15 is 0 Å². The average molecular weight is 454 g/mol. The van der Waals surface area contributed by atoms with Gasteiger partial charge in [0, 0.05) is 13.1 Å². The molecule has 0 bridgehead atoms. The van der Waals surface area contributed by atoms with Crippen LogP contribution in [0.25, 0.3) is 10.2 Å². The molecule has 11 heteroatoms. The van der Waals surface area contributed by atoms with Crippen LogP contribution in [0.3, 0.4) is 0 Å². The van der Waals surface area contributed by atoms with Crippen LogP contribution in [0.15, 0.2) is 23.2 Å². The molecule has 2 amide bonds. The van der Waals surface area contributed by atoms with Crippen molar-refractivity contribution in [2.75, 3.05) is 31.7 Å². The standard InChI is InChI=1S/C19H23N3O6S2/c1-13-5-6-14-15(9-13)29-19(22(14)10-18(25)28-2)20-16(23)11-30(26,27)12-17(24)21-7-3-4-8-21/h5-6,9H,3-4,7-8,10-12H2,1-2H3.